The number of fused-ring (bicyclic) bond motifs is 3. The fourth-order valence-corrected chi connectivity index (χ4v) is 4.77. The highest BCUT2D eigenvalue weighted by Gasteiger charge is 2.49. The topological polar surface area (TPSA) is 12.0 Å². The van der Waals surface area contributed by atoms with E-state index in [0.717, 1.165) is 11.8 Å². The van der Waals surface area contributed by atoms with Gasteiger partial charge in [0.2, 0.25) is 0 Å². The van der Waals surface area contributed by atoms with Crippen LogP contribution < -0.4 is 5.32 Å². The van der Waals surface area contributed by atoms with Crippen LogP contribution in [0.3, 0.4) is 0 Å². The van der Waals surface area contributed by atoms with Crippen LogP contribution in [-0.4, -0.2) is 13.6 Å². The molecule has 0 aliphatic heterocycles. The summed E-state index contributed by atoms with van der Waals surface area (Å²) >= 11 is 0. The van der Waals surface area contributed by atoms with Crippen LogP contribution in [0.4, 0.5) is 0 Å². The first-order valence-electron chi connectivity index (χ1n) is 7.55. The predicted octanol–water partition coefficient (Wildman–Crippen LogP) is 3.53. The average molecular weight is 243 g/mol. The summed E-state index contributed by atoms with van der Waals surface area (Å²) in [4.78, 5) is 0. The molecule has 2 aliphatic rings. The smallest absolute Gasteiger partial charge is 0.00124 e. The van der Waals surface area contributed by atoms with Gasteiger partial charge in [-0.2, -0.15) is 0 Å². The van der Waals surface area contributed by atoms with Crippen molar-refractivity contribution in [2.45, 2.75) is 44.4 Å². The van der Waals surface area contributed by atoms with Crippen molar-refractivity contribution in [1.82, 2.24) is 5.32 Å². The quantitative estimate of drug-likeness (QED) is 0.856. The number of hydrogen-bond donors (Lipinski definition) is 1. The molecule has 3 atom stereocenters. The summed E-state index contributed by atoms with van der Waals surface area (Å²) in [6, 6.07) is 9.22. The van der Waals surface area contributed by atoms with Crippen LogP contribution >= 0.6 is 0 Å². The normalized spacial score (nSPS) is 34.1. The monoisotopic (exact) mass is 243 g/mol. The van der Waals surface area contributed by atoms with Gasteiger partial charge < -0.3 is 5.32 Å². The Labute approximate surface area is 111 Å². The van der Waals surface area contributed by atoms with Crippen LogP contribution in [0.15, 0.2) is 24.3 Å². The maximum atomic E-state index is 3.42. The second-order valence-electron chi connectivity index (χ2n) is 6.19. The van der Waals surface area contributed by atoms with Crippen molar-refractivity contribution in [1.29, 1.82) is 0 Å². The fraction of sp³-hybridized carbons (Fsp3) is 0.647. The third kappa shape index (κ3) is 1.64. The molecule has 1 nitrogen and oxygen atoms in total. The van der Waals surface area contributed by atoms with Gasteiger partial charge in [0.15, 0.2) is 0 Å². The third-order valence-electron chi connectivity index (χ3n) is 5.57. The van der Waals surface area contributed by atoms with Crippen LogP contribution in [0.2, 0.25) is 0 Å². The van der Waals surface area contributed by atoms with Gasteiger partial charge in [0, 0.05) is 0 Å². The molecule has 18 heavy (non-hydrogen) atoms. The van der Waals surface area contributed by atoms with Gasteiger partial charge in [-0.1, -0.05) is 37.6 Å². The third-order valence-corrected chi connectivity index (χ3v) is 5.57. The molecular formula is C17H25N. The molecule has 3 unspecified atom stereocenters. The van der Waals surface area contributed by atoms with Crippen molar-refractivity contribution in [3.8, 4) is 0 Å². The zero-order chi connectivity index (χ0) is 12.6. The van der Waals surface area contributed by atoms with Crippen LogP contribution in [0.5, 0.6) is 0 Å². The lowest BCUT2D eigenvalue weighted by molar-refractivity contribution is 0.124. The Bertz CT molecular complexity index is 423. The van der Waals surface area contributed by atoms with Gasteiger partial charge in [-0.15, -0.1) is 0 Å². The lowest BCUT2D eigenvalue weighted by Gasteiger charge is -2.44. The minimum Gasteiger partial charge on any atom is -0.319 e. The molecule has 0 spiro atoms. The van der Waals surface area contributed by atoms with Gasteiger partial charge in [-0.05, 0) is 67.7 Å². The molecule has 1 fully saturated rings. The summed E-state index contributed by atoms with van der Waals surface area (Å²) in [6.45, 7) is 3.59. The molecule has 1 saturated carbocycles. The first kappa shape index (κ1) is 12.2. The van der Waals surface area contributed by atoms with Gasteiger partial charge in [-0.3, -0.25) is 0 Å². The first-order chi connectivity index (χ1) is 8.81. The molecule has 0 amide bonds. The zero-order valence-corrected chi connectivity index (χ0v) is 11.7. The van der Waals surface area contributed by atoms with E-state index in [9.17, 15) is 0 Å². The van der Waals surface area contributed by atoms with Gasteiger partial charge in [0.05, 0.1) is 0 Å². The summed E-state index contributed by atoms with van der Waals surface area (Å²) < 4.78 is 0. The summed E-state index contributed by atoms with van der Waals surface area (Å²) in [5, 5.41) is 3.42. The van der Waals surface area contributed by atoms with E-state index in [0.29, 0.717) is 5.41 Å². The van der Waals surface area contributed by atoms with E-state index in [1.54, 1.807) is 11.1 Å². The zero-order valence-electron chi connectivity index (χ0n) is 11.7. The van der Waals surface area contributed by atoms with E-state index in [1.807, 2.05) is 0 Å². The second-order valence-corrected chi connectivity index (χ2v) is 6.19. The highest BCUT2D eigenvalue weighted by molar-refractivity contribution is 5.41. The van der Waals surface area contributed by atoms with Crippen LogP contribution in [0.1, 0.15) is 43.7 Å². The highest BCUT2D eigenvalue weighted by Crippen LogP contribution is 2.55. The minimum atomic E-state index is 0.496. The molecule has 0 saturated heterocycles. The van der Waals surface area contributed by atoms with Crippen molar-refractivity contribution in [2.75, 3.05) is 13.6 Å². The number of hydrogen-bond acceptors (Lipinski definition) is 1. The molecule has 0 heterocycles. The molecule has 1 aromatic rings. The van der Waals surface area contributed by atoms with Crippen molar-refractivity contribution in [3.63, 3.8) is 0 Å². The van der Waals surface area contributed by atoms with Crippen molar-refractivity contribution in [2.24, 2.45) is 11.8 Å². The summed E-state index contributed by atoms with van der Waals surface area (Å²) in [7, 11) is 2.10. The molecule has 1 N–H and O–H groups in total. The molecule has 0 aromatic heterocycles. The molecule has 0 bridgehead atoms. The maximum Gasteiger partial charge on any atom is -0.00124 e. The summed E-state index contributed by atoms with van der Waals surface area (Å²) in [5.41, 5.74) is 3.81. The largest absolute Gasteiger partial charge is 0.319 e. The number of benzene rings is 1. The Morgan fingerprint density at radius 3 is 2.94 bits per heavy atom. The van der Waals surface area contributed by atoms with Crippen LogP contribution in [-0.2, 0) is 11.8 Å². The molecule has 2 aliphatic carbocycles. The van der Waals surface area contributed by atoms with Crippen molar-refractivity contribution < 1.29 is 0 Å². The SMILES string of the molecule is CCC12CCCC(CNC)C1Cc1ccccc12. The molecule has 1 heteroatoms. The van der Waals surface area contributed by atoms with E-state index in [4.69, 9.17) is 0 Å². The Morgan fingerprint density at radius 1 is 1.33 bits per heavy atom. The summed E-state index contributed by atoms with van der Waals surface area (Å²) in [5.74, 6) is 1.75. The Balaban J connectivity index is 2.01. The number of nitrogens with one attached hydrogen (secondary N) is 1. The molecular weight excluding hydrogens is 218 g/mol. The lowest BCUT2D eigenvalue weighted by atomic mass is 9.60. The Morgan fingerprint density at radius 2 is 2.17 bits per heavy atom. The standard InChI is InChI=1S/C17H25N/c1-3-17-10-6-8-14(12-18-2)16(17)11-13-7-4-5-9-15(13)17/h4-5,7,9,14,16,18H,3,6,8,10-12H2,1-2H3. The van der Waals surface area contributed by atoms with E-state index >= 15 is 0 Å². The van der Waals surface area contributed by atoms with Gasteiger partial charge in [0.1, 0.15) is 0 Å². The summed E-state index contributed by atoms with van der Waals surface area (Å²) in [6.07, 6.45) is 6.86. The van der Waals surface area contributed by atoms with E-state index < -0.39 is 0 Å². The van der Waals surface area contributed by atoms with Crippen molar-refractivity contribution in [3.05, 3.63) is 35.4 Å². The lowest BCUT2D eigenvalue weighted by Crippen LogP contribution is -2.42. The number of rotatable bonds is 3. The second kappa shape index (κ2) is 4.70. The van der Waals surface area contributed by atoms with Gasteiger partial charge >= 0.3 is 0 Å². The minimum absolute atomic E-state index is 0.496. The molecule has 98 valence electrons. The van der Waals surface area contributed by atoms with E-state index in [-0.39, 0.29) is 0 Å². The van der Waals surface area contributed by atoms with E-state index in [1.165, 1.54) is 38.6 Å². The fourth-order valence-electron chi connectivity index (χ4n) is 4.77. The molecule has 0 radical (unpaired) electrons. The maximum absolute atomic E-state index is 3.42. The van der Waals surface area contributed by atoms with Crippen LogP contribution in [0, 0.1) is 11.8 Å². The Hall–Kier alpha value is -0.820. The highest BCUT2D eigenvalue weighted by atomic mass is 14.8. The van der Waals surface area contributed by atoms with Crippen LogP contribution in [0.25, 0.3) is 0 Å². The van der Waals surface area contributed by atoms with E-state index in [2.05, 4.69) is 43.6 Å². The first-order valence-corrected chi connectivity index (χ1v) is 7.55. The van der Waals surface area contributed by atoms with Gasteiger partial charge in [0.25, 0.3) is 0 Å². The predicted molar refractivity (Wildman–Crippen MR) is 76.9 cm³/mol. The molecule has 1 aromatic carbocycles. The molecule has 3 rings (SSSR count). The Kier molecular flexibility index (Phi) is 3.19. The van der Waals surface area contributed by atoms with Gasteiger partial charge in [-0.25, -0.2) is 0 Å². The average Bonchev–Trinajstić information content (AvgIpc) is 2.75. The van der Waals surface area contributed by atoms with Crippen molar-refractivity contribution >= 4 is 0 Å².